The zero-order valence-corrected chi connectivity index (χ0v) is 12.5. The summed E-state index contributed by atoms with van der Waals surface area (Å²) < 4.78 is 61.8. The highest BCUT2D eigenvalue weighted by Crippen LogP contribution is 2.25. The maximum absolute atomic E-state index is 12.4. The van der Waals surface area contributed by atoms with Crippen molar-refractivity contribution in [2.75, 3.05) is 13.6 Å². The van der Waals surface area contributed by atoms with Crippen LogP contribution in [0.1, 0.15) is 24.1 Å². The number of hydrogen-bond donors (Lipinski definition) is 2. The fourth-order valence-electron chi connectivity index (χ4n) is 1.87. The van der Waals surface area contributed by atoms with Crippen LogP contribution in [0.25, 0.3) is 0 Å². The van der Waals surface area contributed by atoms with Crippen LogP contribution in [0.3, 0.4) is 0 Å². The molecule has 0 radical (unpaired) electrons. The lowest BCUT2D eigenvalue weighted by atomic mass is 10.2. The number of aromatic nitrogens is 2. The predicted molar refractivity (Wildman–Crippen MR) is 69.1 cm³/mol. The highest BCUT2D eigenvalue weighted by molar-refractivity contribution is 7.89. The van der Waals surface area contributed by atoms with E-state index in [1.807, 2.05) is 0 Å². The normalized spacial score (nSPS) is 16.7. The number of nitrogens with one attached hydrogen (secondary N) is 2. The Morgan fingerprint density at radius 3 is 2.57 bits per heavy atom. The fraction of sp³-hybridized carbons (Fsp3) is 0.727. The SMILES string of the molecule is Cc1[nH]nc(S(=O)(=O)N(C)CC(F)(F)F)c1CNC1CC1. The van der Waals surface area contributed by atoms with E-state index in [1.165, 1.54) is 0 Å². The van der Waals surface area contributed by atoms with Gasteiger partial charge < -0.3 is 5.32 Å². The van der Waals surface area contributed by atoms with Crippen molar-refractivity contribution < 1.29 is 21.6 Å². The Bertz CT molecular complexity index is 607. The summed E-state index contributed by atoms with van der Waals surface area (Å²) in [6, 6.07) is 0.350. The quantitative estimate of drug-likeness (QED) is 0.822. The van der Waals surface area contributed by atoms with Gasteiger partial charge in [0.2, 0.25) is 0 Å². The lowest BCUT2D eigenvalue weighted by Crippen LogP contribution is -2.36. The first-order valence-corrected chi connectivity index (χ1v) is 7.85. The Balaban J connectivity index is 2.22. The molecule has 0 saturated heterocycles. The Kier molecular flexibility index (Phi) is 4.31. The Hall–Kier alpha value is -1.13. The molecule has 0 bridgehead atoms. The van der Waals surface area contributed by atoms with Crippen LogP contribution < -0.4 is 5.32 Å². The molecule has 1 aromatic heterocycles. The van der Waals surface area contributed by atoms with E-state index in [-0.39, 0.29) is 15.9 Å². The number of aromatic amines is 1. The molecule has 120 valence electrons. The average molecular weight is 326 g/mol. The van der Waals surface area contributed by atoms with E-state index in [4.69, 9.17) is 0 Å². The standard InChI is InChI=1S/C11H17F3N4O2S/c1-7-9(5-15-8-3-4-8)10(17-16-7)21(19,20)18(2)6-11(12,13)14/h8,15H,3-6H2,1-2H3,(H,16,17). The molecule has 0 spiro atoms. The molecule has 6 nitrogen and oxygen atoms in total. The maximum Gasteiger partial charge on any atom is 0.402 e. The Morgan fingerprint density at radius 1 is 1.43 bits per heavy atom. The fourth-order valence-corrected chi connectivity index (χ4v) is 3.18. The molecular weight excluding hydrogens is 309 g/mol. The third-order valence-corrected chi connectivity index (χ3v) is 5.01. The molecule has 21 heavy (non-hydrogen) atoms. The molecular formula is C11H17F3N4O2S. The number of alkyl halides is 3. The molecule has 1 fully saturated rings. The topological polar surface area (TPSA) is 78.1 Å². The largest absolute Gasteiger partial charge is 0.402 e. The minimum Gasteiger partial charge on any atom is -0.310 e. The van der Waals surface area contributed by atoms with Crippen molar-refractivity contribution in [3.63, 3.8) is 0 Å². The minimum absolute atomic E-state index is 0.265. The predicted octanol–water partition coefficient (Wildman–Crippen LogP) is 1.15. The van der Waals surface area contributed by atoms with Crippen molar-refractivity contribution in [3.05, 3.63) is 11.3 Å². The van der Waals surface area contributed by atoms with Crippen molar-refractivity contribution in [1.82, 2.24) is 19.8 Å². The number of halogens is 3. The summed E-state index contributed by atoms with van der Waals surface area (Å²) in [5, 5.41) is 8.99. The van der Waals surface area contributed by atoms with Gasteiger partial charge >= 0.3 is 6.18 Å². The summed E-state index contributed by atoms with van der Waals surface area (Å²) in [5.74, 6) is 0. The highest BCUT2D eigenvalue weighted by atomic mass is 32.2. The molecule has 0 aliphatic heterocycles. The maximum atomic E-state index is 12.4. The Labute approximate surface area is 120 Å². The van der Waals surface area contributed by atoms with Gasteiger partial charge in [-0.2, -0.15) is 22.6 Å². The van der Waals surface area contributed by atoms with Gasteiger partial charge in [0, 0.05) is 30.9 Å². The van der Waals surface area contributed by atoms with Crippen LogP contribution in [0.4, 0.5) is 13.2 Å². The van der Waals surface area contributed by atoms with E-state index in [2.05, 4.69) is 15.5 Å². The lowest BCUT2D eigenvalue weighted by Gasteiger charge is -2.18. The number of hydrogen-bond acceptors (Lipinski definition) is 4. The van der Waals surface area contributed by atoms with Crippen LogP contribution >= 0.6 is 0 Å². The highest BCUT2D eigenvalue weighted by Gasteiger charge is 2.37. The first kappa shape index (κ1) is 16.2. The molecule has 10 heteroatoms. The van der Waals surface area contributed by atoms with Gasteiger partial charge in [0.1, 0.15) is 6.54 Å². The summed E-state index contributed by atoms with van der Waals surface area (Å²) in [4.78, 5) is 0. The minimum atomic E-state index is -4.60. The van der Waals surface area contributed by atoms with Crippen LogP contribution in [0, 0.1) is 6.92 Å². The van der Waals surface area contributed by atoms with Gasteiger partial charge in [-0.1, -0.05) is 0 Å². The van der Waals surface area contributed by atoms with Gasteiger partial charge in [0.15, 0.2) is 5.03 Å². The second-order valence-corrected chi connectivity index (χ2v) is 7.12. The van der Waals surface area contributed by atoms with E-state index in [9.17, 15) is 21.6 Å². The van der Waals surface area contributed by atoms with Crippen LogP contribution in [0.5, 0.6) is 0 Å². The Morgan fingerprint density at radius 2 is 2.05 bits per heavy atom. The molecule has 0 atom stereocenters. The second-order valence-electron chi connectivity index (χ2n) is 5.16. The van der Waals surface area contributed by atoms with Gasteiger partial charge in [-0.15, -0.1) is 0 Å². The van der Waals surface area contributed by atoms with E-state index in [0.717, 1.165) is 19.9 Å². The third-order valence-electron chi connectivity index (χ3n) is 3.24. The van der Waals surface area contributed by atoms with Crippen LogP contribution in [0.2, 0.25) is 0 Å². The van der Waals surface area contributed by atoms with E-state index in [0.29, 0.717) is 17.3 Å². The molecule has 2 N–H and O–H groups in total. The summed E-state index contributed by atoms with van der Waals surface area (Å²) in [6.07, 6.45) is -2.56. The van der Waals surface area contributed by atoms with Crippen LogP contribution in [-0.4, -0.2) is 48.7 Å². The van der Waals surface area contributed by atoms with E-state index < -0.39 is 22.7 Å². The molecule has 0 aromatic carbocycles. The van der Waals surface area contributed by atoms with Crippen molar-refractivity contribution in [1.29, 1.82) is 0 Å². The van der Waals surface area contributed by atoms with Gasteiger partial charge in [-0.3, -0.25) is 5.10 Å². The number of H-pyrrole nitrogens is 1. The monoisotopic (exact) mass is 326 g/mol. The molecule has 1 aliphatic rings. The first-order valence-electron chi connectivity index (χ1n) is 6.41. The van der Waals surface area contributed by atoms with E-state index in [1.54, 1.807) is 6.92 Å². The summed E-state index contributed by atoms with van der Waals surface area (Å²) in [7, 11) is -3.38. The van der Waals surface area contributed by atoms with E-state index >= 15 is 0 Å². The number of nitrogens with zero attached hydrogens (tertiary/aromatic N) is 2. The zero-order chi connectivity index (χ0) is 15.8. The van der Waals surface area contributed by atoms with Gasteiger partial charge in [-0.25, -0.2) is 8.42 Å². The smallest absolute Gasteiger partial charge is 0.310 e. The van der Waals surface area contributed by atoms with Gasteiger partial charge in [0.05, 0.1) is 0 Å². The number of aryl methyl sites for hydroxylation is 1. The molecule has 1 aliphatic carbocycles. The molecule has 0 amide bonds. The second kappa shape index (κ2) is 5.58. The van der Waals surface area contributed by atoms with Gasteiger partial charge in [-0.05, 0) is 19.8 Å². The average Bonchev–Trinajstić information content (AvgIpc) is 3.08. The number of rotatable bonds is 6. The van der Waals surface area contributed by atoms with Crippen molar-refractivity contribution in [2.24, 2.45) is 0 Å². The molecule has 0 unspecified atom stereocenters. The van der Waals surface area contributed by atoms with Crippen molar-refractivity contribution >= 4 is 10.0 Å². The van der Waals surface area contributed by atoms with Crippen molar-refractivity contribution in [2.45, 2.75) is 43.6 Å². The van der Waals surface area contributed by atoms with Crippen LogP contribution in [-0.2, 0) is 16.6 Å². The molecule has 1 aromatic rings. The summed E-state index contributed by atoms with van der Waals surface area (Å²) in [6.45, 7) is 0.359. The molecule has 2 rings (SSSR count). The molecule has 1 saturated carbocycles. The third kappa shape index (κ3) is 3.95. The summed E-state index contributed by atoms with van der Waals surface area (Å²) >= 11 is 0. The lowest BCUT2D eigenvalue weighted by molar-refractivity contribution is -0.134. The molecule has 1 heterocycles. The summed E-state index contributed by atoms with van der Waals surface area (Å²) in [5.41, 5.74) is 0.915. The first-order chi connectivity index (χ1) is 9.61. The van der Waals surface area contributed by atoms with Gasteiger partial charge in [0.25, 0.3) is 10.0 Å². The van der Waals surface area contributed by atoms with Crippen molar-refractivity contribution in [3.8, 4) is 0 Å². The zero-order valence-electron chi connectivity index (χ0n) is 11.7. The van der Waals surface area contributed by atoms with Crippen LogP contribution in [0.15, 0.2) is 5.03 Å². The number of sulfonamides is 1.